The fraction of sp³-hybridized carbons (Fsp3) is 0.438. The van der Waals surface area contributed by atoms with Crippen molar-refractivity contribution in [2.45, 2.75) is 38.8 Å². The van der Waals surface area contributed by atoms with E-state index in [0.29, 0.717) is 6.04 Å². The smallest absolute Gasteiger partial charge is 0.137 e. The minimum Gasteiger partial charge on any atom is -0.390 e. The summed E-state index contributed by atoms with van der Waals surface area (Å²) in [6, 6.07) is 10.8. The van der Waals surface area contributed by atoms with Crippen LogP contribution in [0.25, 0.3) is 10.8 Å². The van der Waals surface area contributed by atoms with Crippen molar-refractivity contribution < 1.29 is 5.11 Å². The second-order valence-corrected chi connectivity index (χ2v) is 5.35. The summed E-state index contributed by atoms with van der Waals surface area (Å²) in [4.78, 5) is 7.06. The molecule has 0 saturated carbocycles. The highest BCUT2D eigenvalue weighted by Crippen LogP contribution is 2.30. The number of piperidine rings is 1. The van der Waals surface area contributed by atoms with E-state index in [1.165, 1.54) is 24.6 Å². The highest BCUT2D eigenvalue weighted by atomic mass is 16.3. The summed E-state index contributed by atoms with van der Waals surface area (Å²) < 4.78 is 0. The molecule has 19 heavy (non-hydrogen) atoms. The largest absolute Gasteiger partial charge is 0.390 e. The summed E-state index contributed by atoms with van der Waals surface area (Å²) in [5.74, 6) is 1.04. The van der Waals surface area contributed by atoms with Gasteiger partial charge in [-0.25, -0.2) is 4.98 Å². The van der Waals surface area contributed by atoms with Crippen LogP contribution >= 0.6 is 0 Å². The van der Waals surface area contributed by atoms with Crippen LogP contribution in [0, 0.1) is 0 Å². The quantitative estimate of drug-likeness (QED) is 0.897. The number of nitrogens with zero attached hydrogens (tertiary/aromatic N) is 2. The monoisotopic (exact) mass is 256 g/mol. The molecule has 1 aromatic heterocycles. The number of fused-ring (bicyclic) bond motifs is 1. The Labute approximate surface area is 113 Å². The maximum absolute atomic E-state index is 9.40. The Hall–Kier alpha value is -1.61. The lowest BCUT2D eigenvalue weighted by molar-refractivity contribution is 0.277. The maximum Gasteiger partial charge on any atom is 0.137 e. The van der Waals surface area contributed by atoms with E-state index in [0.717, 1.165) is 23.4 Å². The van der Waals surface area contributed by atoms with Crippen molar-refractivity contribution in [1.29, 1.82) is 0 Å². The molecule has 1 N–H and O–H groups in total. The Morgan fingerprint density at radius 1 is 1.32 bits per heavy atom. The molecule has 1 aliphatic heterocycles. The predicted octanol–water partition coefficient (Wildman–Crippen LogP) is 3.11. The fourth-order valence-electron chi connectivity index (χ4n) is 2.95. The summed E-state index contributed by atoms with van der Waals surface area (Å²) in [6.07, 6.45) is 3.75. The highest BCUT2D eigenvalue weighted by molar-refractivity contribution is 5.92. The lowest BCUT2D eigenvalue weighted by Crippen LogP contribution is -2.38. The van der Waals surface area contributed by atoms with E-state index < -0.39 is 0 Å². The predicted molar refractivity (Wildman–Crippen MR) is 78.3 cm³/mol. The van der Waals surface area contributed by atoms with Crippen molar-refractivity contribution in [3.63, 3.8) is 0 Å². The van der Waals surface area contributed by atoms with Gasteiger partial charge in [-0.2, -0.15) is 0 Å². The van der Waals surface area contributed by atoms with Gasteiger partial charge in [0.1, 0.15) is 5.82 Å². The Balaban J connectivity index is 2.14. The van der Waals surface area contributed by atoms with Crippen LogP contribution in [0.3, 0.4) is 0 Å². The van der Waals surface area contributed by atoms with E-state index in [2.05, 4.69) is 35.0 Å². The molecule has 0 aliphatic carbocycles. The zero-order valence-corrected chi connectivity index (χ0v) is 11.3. The van der Waals surface area contributed by atoms with Gasteiger partial charge in [0.25, 0.3) is 0 Å². The van der Waals surface area contributed by atoms with Gasteiger partial charge in [-0.05, 0) is 37.6 Å². The molecule has 1 atom stereocenters. The van der Waals surface area contributed by atoms with E-state index in [-0.39, 0.29) is 6.61 Å². The average Bonchev–Trinajstić information content (AvgIpc) is 2.46. The van der Waals surface area contributed by atoms with Gasteiger partial charge in [0, 0.05) is 18.0 Å². The van der Waals surface area contributed by atoms with E-state index in [4.69, 9.17) is 0 Å². The number of aliphatic hydroxyl groups excluding tert-OH is 1. The molecule has 3 heteroatoms. The normalized spacial score (nSPS) is 19.9. The lowest BCUT2D eigenvalue weighted by atomic mass is 10.0. The van der Waals surface area contributed by atoms with Crippen molar-refractivity contribution in [3.8, 4) is 0 Å². The molecule has 100 valence electrons. The average molecular weight is 256 g/mol. The second kappa shape index (κ2) is 5.17. The first kappa shape index (κ1) is 12.4. The number of pyridine rings is 1. The third-order valence-electron chi connectivity index (χ3n) is 4.01. The Morgan fingerprint density at radius 3 is 2.95 bits per heavy atom. The molecular formula is C16H20N2O. The van der Waals surface area contributed by atoms with Gasteiger partial charge < -0.3 is 10.0 Å². The van der Waals surface area contributed by atoms with Crippen molar-refractivity contribution >= 4 is 16.6 Å². The molecule has 0 radical (unpaired) electrons. The van der Waals surface area contributed by atoms with E-state index in [1.807, 2.05) is 12.1 Å². The van der Waals surface area contributed by atoms with Gasteiger partial charge in [0.05, 0.1) is 12.3 Å². The highest BCUT2D eigenvalue weighted by Gasteiger charge is 2.21. The summed E-state index contributed by atoms with van der Waals surface area (Å²) in [5.41, 5.74) is 0.756. The number of hydrogen-bond acceptors (Lipinski definition) is 3. The molecule has 0 bridgehead atoms. The molecule has 2 heterocycles. The van der Waals surface area contributed by atoms with Crippen LogP contribution in [0.15, 0.2) is 30.3 Å². The van der Waals surface area contributed by atoms with Crippen LogP contribution in [0.1, 0.15) is 31.9 Å². The fourth-order valence-corrected chi connectivity index (χ4v) is 2.95. The van der Waals surface area contributed by atoms with Crippen molar-refractivity contribution in [2.75, 3.05) is 11.4 Å². The van der Waals surface area contributed by atoms with Crippen LogP contribution in [-0.4, -0.2) is 22.7 Å². The number of hydrogen-bond donors (Lipinski definition) is 1. The maximum atomic E-state index is 9.40. The number of benzene rings is 1. The molecule has 0 spiro atoms. The standard InChI is InChI=1S/C16H20N2O/c1-12-6-4-5-9-18(12)16-15-8-3-2-7-13(15)10-14(11-19)17-16/h2-3,7-8,10,12,19H,4-6,9,11H2,1H3. The molecule has 1 fully saturated rings. The number of anilines is 1. The number of aliphatic hydroxyl groups is 1. The minimum absolute atomic E-state index is 0.0000548. The van der Waals surface area contributed by atoms with Crippen molar-refractivity contribution in [2.24, 2.45) is 0 Å². The zero-order valence-electron chi connectivity index (χ0n) is 11.3. The first-order valence-corrected chi connectivity index (χ1v) is 7.06. The second-order valence-electron chi connectivity index (χ2n) is 5.35. The summed E-state index contributed by atoms with van der Waals surface area (Å²) in [5, 5.41) is 11.8. The summed E-state index contributed by atoms with van der Waals surface area (Å²) in [6.45, 7) is 3.33. The molecule has 3 nitrogen and oxygen atoms in total. The minimum atomic E-state index is 0.0000548. The Kier molecular flexibility index (Phi) is 3.38. The van der Waals surface area contributed by atoms with Crippen LogP contribution in [-0.2, 0) is 6.61 Å². The Bertz CT molecular complexity index is 582. The van der Waals surface area contributed by atoms with Crippen LogP contribution in [0.2, 0.25) is 0 Å². The first-order chi connectivity index (χ1) is 9.29. The van der Waals surface area contributed by atoms with Gasteiger partial charge in [0.2, 0.25) is 0 Å². The van der Waals surface area contributed by atoms with E-state index >= 15 is 0 Å². The molecule has 0 amide bonds. The SMILES string of the molecule is CC1CCCCN1c1nc(CO)cc2ccccc12. The molecular weight excluding hydrogens is 236 g/mol. The molecule has 1 aromatic carbocycles. The van der Waals surface area contributed by atoms with Gasteiger partial charge in [-0.15, -0.1) is 0 Å². The number of rotatable bonds is 2. The van der Waals surface area contributed by atoms with Crippen molar-refractivity contribution in [1.82, 2.24) is 4.98 Å². The summed E-state index contributed by atoms with van der Waals surface area (Å²) >= 11 is 0. The van der Waals surface area contributed by atoms with E-state index in [1.54, 1.807) is 0 Å². The van der Waals surface area contributed by atoms with Gasteiger partial charge in [-0.3, -0.25) is 0 Å². The van der Waals surface area contributed by atoms with E-state index in [9.17, 15) is 5.11 Å². The molecule has 1 unspecified atom stereocenters. The zero-order chi connectivity index (χ0) is 13.2. The van der Waals surface area contributed by atoms with Gasteiger partial charge in [-0.1, -0.05) is 24.3 Å². The van der Waals surface area contributed by atoms with Crippen LogP contribution in [0.4, 0.5) is 5.82 Å². The first-order valence-electron chi connectivity index (χ1n) is 7.06. The van der Waals surface area contributed by atoms with Crippen LogP contribution < -0.4 is 4.90 Å². The van der Waals surface area contributed by atoms with Crippen LogP contribution in [0.5, 0.6) is 0 Å². The topological polar surface area (TPSA) is 36.4 Å². The molecule has 1 saturated heterocycles. The van der Waals surface area contributed by atoms with Gasteiger partial charge >= 0.3 is 0 Å². The third-order valence-corrected chi connectivity index (χ3v) is 4.01. The van der Waals surface area contributed by atoms with Crippen molar-refractivity contribution in [3.05, 3.63) is 36.0 Å². The third kappa shape index (κ3) is 2.30. The van der Waals surface area contributed by atoms with Gasteiger partial charge in [0.15, 0.2) is 0 Å². The molecule has 3 rings (SSSR count). The Morgan fingerprint density at radius 2 is 2.16 bits per heavy atom. The molecule has 2 aromatic rings. The lowest BCUT2D eigenvalue weighted by Gasteiger charge is -2.35. The molecule has 1 aliphatic rings. The summed E-state index contributed by atoms with van der Waals surface area (Å²) in [7, 11) is 0. The number of aromatic nitrogens is 1.